The van der Waals surface area contributed by atoms with Crippen molar-refractivity contribution in [2.75, 3.05) is 19.6 Å². The Bertz CT molecular complexity index is 855. The number of amides is 1. The standard InChI is InChI=1S/C18H25N3O4S2/c1-13-16(14(2)25-20-13)7-8-17(22)21-9-3-5-15(12-21)11-19-27(23,24)18-6-4-10-26-18/h4,6,10,15,19H,3,5,7-9,11-12H2,1-2H3. The van der Waals surface area contributed by atoms with Crippen LogP contribution in [-0.2, 0) is 21.2 Å². The first-order valence-electron chi connectivity index (χ1n) is 9.09. The summed E-state index contributed by atoms with van der Waals surface area (Å²) in [5, 5.41) is 5.67. The van der Waals surface area contributed by atoms with Crippen LogP contribution in [0.2, 0.25) is 0 Å². The molecule has 0 radical (unpaired) electrons. The first kappa shape index (κ1) is 20.0. The van der Waals surface area contributed by atoms with E-state index in [2.05, 4.69) is 9.88 Å². The zero-order valence-electron chi connectivity index (χ0n) is 15.6. The van der Waals surface area contributed by atoms with Crippen LogP contribution in [0.5, 0.6) is 0 Å². The topological polar surface area (TPSA) is 92.5 Å². The Hall–Kier alpha value is -1.71. The van der Waals surface area contributed by atoms with Crippen LogP contribution in [0.25, 0.3) is 0 Å². The van der Waals surface area contributed by atoms with E-state index in [1.54, 1.807) is 17.5 Å². The van der Waals surface area contributed by atoms with E-state index in [4.69, 9.17) is 4.52 Å². The zero-order chi connectivity index (χ0) is 19.4. The van der Waals surface area contributed by atoms with Crippen LogP contribution >= 0.6 is 11.3 Å². The highest BCUT2D eigenvalue weighted by Gasteiger charge is 2.25. The highest BCUT2D eigenvalue weighted by atomic mass is 32.2. The molecule has 7 nitrogen and oxygen atoms in total. The molecule has 0 aliphatic carbocycles. The average Bonchev–Trinajstić information content (AvgIpc) is 3.30. The lowest BCUT2D eigenvalue weighted by molar-refractivity contribution is -0.132. The number of rotatable bonds is 7. The summed E-state index contributed by atoms with van der Waals surface area (Å²) >= 11 is 1.20. The molecule has 0 saturated carbocycles. The van der Waals surface area contributed by atoms with Crippen LogP contribution in [0.1, 0.15) is 36.3 Å². The number of aromatic nitrogens is 1. The summed E-state index contributed by atoms with van der Waals surface area (Å²) in [7, 11) is -3.46. The van der Waals surface area contributed by atoms with Gasteiger partial charge in [-0.15, -0.1) is 11.3 Å². The third kappa shape index (κ3) is 4.97. The Morgan fingerprint density at radius 1 is 1.44 bits per heavy atom. The van der Waals surface area contributed by atoms with Crippen LogP contribution in [0.3, 0.4) is 0 Å². The number of nitrogens with one attached hydrogen (secondary N) is 1. The van der Waals surface area contributed by atoms with Gasteiger partial charge in [0.05, 0.1) is 5.69 Å². The van der Waals surface area contributed by atoms with E-state index in [9.17, 15) is 13.2 Å². The number of piperidine rings is 1. The molecule has 1 aliphatic heterocycles. The van der Waals surface area contributed by atoms with Crippen molar-refractivity contribution in [1.82, 2.24) is 14.8 Å². The number of sulfonamides is 1. The smallest absolute Gasteiger partial charge is 0.250 e. The second kappa shape index (κ2) is 8.53. The van der Waals surface area contributed by atoms with Gasteiger partial charge in [0, 0.05) is 31.6 Å². The zero-order valence-corrected chi connectivity index (χ0v) is 17.2. The lowest BCUT2D eigenvalue weighted by Gasteiger charge is -2.33. The van der Waals surface area contributed by atoms with E-state index in [0.29, 0.717) is 30.1 Å². The lowest BCUT2D eigenvalue weighted by Crippen LogP contribution is -2.43. The maximum Gasteiger partial charge on any atom is 0.250 e. The normalized spacial score (nSPS) is 18.0. The molecule has 1 saturated heterocycles. The van der Waals surface area contributed by atoms with Crippen LogP contribution in [0.4, 0.5) is 0 Å². The molecule has 1 fully saturated rings. The Kier molecular flexibility index (Phi) is 6.33. The fourth-order valence-electron chi connectivity index (χ4n) is 3.42. The van der Waals surface area contributed by atoms with Crippen molar-refractivity contribution < 1.29 is 17.7 Å². The summed E-state index contributed by atoms with van der Waals surface area (Å²) in [5.41, 5.74) is 1.83. The number of hydrogen-bond acceptors (Lipinski definition) is 6. The molecule has 9 heteroatoms. The van der Waals surface area contributed by atoms with Crippen molar-refractivity contribution in [3.63, 3.8) is 0 Å². The van der Waals surface area contributed by atoms with Crippen LogP contribution in [-0.4, -0.2) is 44.0 Å². The fraction of sp³-hybridized carbons (Fsp3) is 0.556. The van der Waals surface area contributed by atoms with Gasteiger partial charge in [-0.25, -0.2) is 13.1 Å². The van der Waals surface area contributed by atoms with Gasteiger partial charge in [-0.05, 0) is 50.5 Å². The molecule has 3 heterocycles. The maximum absolute atomic E-state index is 12.6. The minimum atomic E-state index is -3.46. The van der Waals surface area contributed by atoms with Crippen molar-refractivity contribution in [3.05, 3.63) is 34.5 Å². The molecule has 1 atom stereocenters. The molecule has 3 rings (SSSR count). The number of carbonyl (C=O) groups excluding carboxylic acids is 1. The van der Waals surface area contributed by atoms with E-state index in [1.165, 1.54) is 11.3 Å². The van der Waals surface area contributed by atoms with Gasteiger partial charge in [0.1, 0.15) is 9.97 Å². The SMILES string of the molecule is Cc1noc(C)c1CCC(=O)N1CCCC(CNS(=O)(=O)c2cccs2)C1. The number of hydrogen-bond donors (Lipinski definition) is 1. The van der Waals surface area contributed by atoms with Crippen molar-refractivity contribution in [2.24, 2.45) is 5.92 Å². The minimum Gasteiger partial charge on any atom is -0.361 e. The molecule has 0 spiro atoms. The third-order valence-corrected chi connectivity index (χ3v) is 7.78. The first-order chi connectivity index (χ1) is 12.9. The van der Waals surface area contributed by atoms with E-state index >= 15 is 0 Å². The van der Waals surface area contributed by atoms with Gasteiger partial charge < -0.3 is 9.42 Å². The van der Waals surface area contributed by atoms with Gasteiger partial charge in [-0.1, -0.05) is 11.2 Å². The Labute approximate surface area is 163 Å². The monoisotopic (exact) mass is 411 g/mol. The predicted molar refractivity (Wildman–Crippen MR) is 103 cm³/mol. The summed E-state index contributed by atoms with van der Waals surface area (Å²) in [4.78, 5) is 14.4. The van der Waals surface area contributed by atoms with Crippen LogP contribution < -0.4 is 4.72 Å². The molecular weight excluding hydrogens is 386 g/mol. The molecule has 1 aliphatic rings. The Morgan fingerprint density at radius 2 is 2.26 bits per heavy atom. The van der Waals surface area contributed by atoms with Crippen molar-refractivity contribution >= 4 is 27.3 Å². The van der Waals surface area contributed by atoms with Crippen molar-refractivity contribution in [1.29, 1.82) is 0 Å². The highest BCUT2D eigenvalue weighted by molar-refractivity contribution is 7.91. The molecule has 0 bridgehead atoms. The molecule has 2 aromatic heterocycles. The van der Waals surface area contributed by atoms with Gasteiger partial charge in [0.15, 0.2) is 0 Å². The number of thiophene rings is 1. The third-order valence-electron chi connectivity index (χ3n) is 4.96. The molecule has 148 valence electrons. The van der Waals surface area contributed by atoms with E-state index in [1.807, 2.05) is 18.7 Å². The summed E-state index contributed by atoms with van der Waals surface area (Å²) in [6.07, 6.45) is 2.84. The number of aryl methyl sites for hydroxylation is 2. The molecular formula is C18H25N3O4S2. The molecule has 1 N–H and O–H groups in total. The van der Waals surface area contributed by atoms with Crippen molar-refractivity contribution in [3.8, 4) is 0 Å². The Balaban J connectivity index is 1.51. The summed E-state index contributed by atoms with van der Waals surface area (Å²) in [6, 6.07) is 3.32. The number of likely N-dealkylation sites (tertiary alicyclic amines) is 1. The molecule has 27 heavy (non-hydrogen) atoms. The fourth-order valence-corrected chi connectivity index (χ4v) is 5.58. The molecule has 1 unspecified atom stereocenters. The largest absolute Gasteiger partial charge is 0.361 e. The van der Waals surface area contributed by atoms with Gasteiger partial charge in [0.2, 0.25) is 15.9 Å². The van der Waals surface area contributed by atoms with Gasteiger partial charge in [0.25, 0.3) is 0 Å². The lowest BCUT2D eigenvalue weighted by atomic mass is 9.97. The summed E-state index contributed by atoms with van der Waals surface area (Å²) < 4.78 is 32.7. The van der Waals surface area contributed by atoms with Crippen molar-refractivity contribution in [2.45, 2.75) is 43.7 Å². The van der Waals surface area contributed by atoms with Gasteiger partial charge in [-0.3, -0.25) is 4.79 Å². The van der Waals surface area contributed by atoms with E-state index in [-0.39, 0.29) is 11.8 Å². The summed E-state index contributed by atoms with van der Waals surface area (Å²) in [6.45, 7) is 5.42. The van der Waals surface area contributed by atoms with E-state index < -0.39 is 10.0 Å². The Morgan fingerprint density at radius 3 is 2.93 bits per heavy atom. The predicted octanol–water partition coefficient (Wildman–Crippen LogP) is 2.50. The first-order valence-corrected chi connectivity index (χ1v) is 11.5. The van der Waals surface area contributed by atoms with Gasteiger partial charge >= 0.3 is 0 Å². The minimum absolute atomic E-state index is 0.0980. The summed E-state index contributed by atoms with van der Waals surface area (Å²) in [5.74, 6) is 0.997. The van der Waals surface area contributed by atoms with Crippen LogP contribution in [0.15, 0.2) is 26.2 Å². The average molecular weight is 412 g/mol. The number of carbonyl (C=O) groups is 1. The second-order valence-electron chi connectivity index (χ2n) is 6.93. The highest BCUT2D eigenvalue weighted by Crippen LogP contribution is 2.21. The van der Waals surface area contributed by atoms with Gasteiger partial charge in [-0.2, -0.15) is 0 Å². The second-order valence-corrected chi connectivity index (χ2v) is 9.88. The number of nitrogens with zero attached hydrogens (tertiary/aromatic N) is 2. The quantitative estimate of drug-likeness (QED) is 0.756. The molecule has 2 aromatic rings. The molecule has 0 aromatic carbocycles. The van der Waals surface area contributed by atoms with Crippen LogP contribution in [0, 0.1) is 19.8 Å². The van der Waals surface area contributed by atoms with E-state index in [0.717, 1.165) is 36.4 Å². The maximum atomic E-state index is 12.6. The molecule has 1 amide bonds.